The molecule has 5 rings (SSSR count). The van der Waals surface area contributed by atoms with Crippen LogP contribution < -0.4 is 10.2 Å². The lowest BCUT2D eigenvalue weighted by atomic mass is 10.1. The number of nitriles is 1. The Hall–Kier alpha value is -4.03. The monoisotopic (exact) mass is 454 g/mol. The molecule has 2 atom stereocenters. The summed E-state index contributed by atoms with van der Waals surface area (Å²) >= 11 is 0. The third-order valence-corrected chi connectivity index (χ3v) is 6.22. The van der Waals surface area contributed by atoms with Crippen LogP contribution in [0.3, 0.4) is 0 Å². The smallest absolute Gasteiger partial charge is 0.153 e. The van der Waals surface area contributed by atoms with Crippen molar-refractivity contribution < 1.29 is 5.11 Å². The first kappa shape index (κ1) is 21.8. The van der Waals surface area contributed by atoms with Crippen molar-refractivity contribution in [2.45, 2.75) is 32.7 Å². The van der Waals surface area contributed by atoms with Gasteiger partial charge in [-0.3, -0.25) is 4.57 Å². The van der Waals surface area contributed by atoms with Crippen LogP contribution in [0.1, 0.15) is 24.6 Å². The standard InChI is InChI=1S/C25H26N8O/c1-16-3-7-23(31-30-16)28-20-5-6-22-21(12-20)27-15-33(22)24-8-4-19(9-10-34)25(29-24)32-14-18(13-26)11-17(32)2/h3-8,12,15,17-18,34H,9-11,14H2,1-2H3,(H,28,31)/t17-,18-/m1/s1. The second kappa shape index (κ2) is 9.08. The lowest BCUT2D eigenvalue weighted by molar-refractivity contribution is 0.299. The van der Waals surface area contributed by atoms with Crippen LogP contribution in [0, 0.1) is 24.2 Å². The Balaban J connectivity index is 1.48. The topological polar surface area (TPSA) is 116 Å². The van der Waals surface area contributed by atoms with Gasteiger partial charge in [-0.05, 0) is 68.7 Å². The van der Waals surface area contributed by atoms with Crippen LogP contribution >= 0.6 is 0 Å². The Morgan fingerprint density at radius 3 is 2.79 bits per heavy atom. The number of pyridine rings is 1. The van der Waals surface area contributed by atoms with Crippen LogP contribution in [0.5, 0.6) is 0 Å². The summed E-state index contributed by atoms with van der Waals surface area (Å²) in [4.78, 5) is 11.8. The zero-order chi connectivity index (χ0) is 23.7. The molecule has 172 valence electrons. The largest absolute Gasteiger partial charge is 0.396 e. The van der Waals surface area contributed by atoms with Crippen molar-refractivity contribution in [3.05, 3.63) is 60.0 Å². The second-order valence-corrected chi connectivity index (χ2v) is 8.69. The minimum atomic E-state index is -0.0133. The van der Waals surface area contributed by atoms with Gasteiger partial charge in [0.1, 0.15) is 18.0 Å². The molecular weight excluding hydrogens is 428 g/mol. The maximum atomic E-state index is 9.56. The molecule has 1 aliphatic heterocycles. The molecule has 0 radical (unpaired) electrons. The van der Waals surface area contributed by atoms with E-state index >= 15 is 0 Å². The average Bonchev–Trinajstić information content (AvgIpc) is 3.44. The zero-order valence-corrected chi connectivity index (χ0v) is 19.2. The van der Waals surface area contributed by atoms with E-state index in [0.29, 0.717) is 18.8 Å². The fraction of sp³-hybridized carbons (Fsp3) is 0.320. The molecule has 0 amide bonds. The summed E-state index contributed by atoms with van der Waals surface area (Å²) in [5.74, 6) is 2.23. The van der Waals surface area contributed by atoms with Crippen LogP contribution in [-0.2, 0) is 6.42 Å². The van der Waals surface area contributed by atoms with E-state index in [-0.39, 0.29) is 18.6 Å². The number of rotatable bonds is 6. The van der Waals surface area contributed by atoms with Gasteiger partial charge in [-0.25, -0.2) is 9.97 Å². The van der Waals surface area contributed by atoms with Crippen LogP contribution in [0.4, 0.5) is 17.3 Å². The van der Waals surface area contributed by atoms with Crippen molar-refractivity contribution in [3.8, 4) is 11.9 Å². The highest BCUT2D eigenvalue weighted by molar-refractivity contribution is 5.82. The number of imidazole rings is 1. The minimum Gasteiger partial charge on any atom is -0.396 e. The van der Waals surface area contributed by atoms with Gasteiger partial charge in [0.25, 0.3) is 0 Å². The summed E-state index contributed by atoms with van der Waals surface area (Å²) in [5, 5.41) is 30.5. The van der Waals surface area contributed by atoms with Gasteiger partial charge in [0.15, 0.2) is 5.82 Å². The number of aliphatic hydroxyl groups is 1. The van der Waals surface area contributed by atoms with E-state index in [0.717, 1.165) is 46.0 Å². The highest BCUT2D eigenvalue weighted by atomic mass is 16.3. The Morgan fingerprint density at radius 1 is 1.18 bits per heavy atom. The molecule has 0 unspecified atom stereocenters. The molecule has 1 aromatic carbocycles. The van der Waals surface area contributed by atoms with Crippen molar-refractivity contribution in [3.63, 3.8) is 0 Å². The summed E-state index contributed by atoms with van der Waals surface area (Å²) in [5.41, 5.74) is 4.47. The highest BCUT2D eigenvalue weighted by Crippen LogP contribution is 2.32. The molecule has 0 spiro atoms. The molecule has 0 bridgehead atoms. The number of hydrogen-bond donors (Lipinski definition) is 2. The van der Waals surface area contributed by atoms with E-state index in [1.165, 1.54) is 0 Å². The van der Waals surface area contributed by atoms with Gasteiger partial charge in [0.05, 0.1) is 28.7 Å². The molecule has 4 heterocycles. The third-order valence-electron chi connectivity index (χ3n) is 6.22. The number of hydrogen-bond acceptors (Lipinski definition) is 8. The number of benzene rings is 1. The Labute approximate surface area is 197 Å². The number of nitrogens with one attached hydrogen (secondary N) is 1. The number of aromatic nitrogens is 5. The lowest BCUT2D eigenvalue weighted by Gasteiger charge is -2.25. The van der Waals surface area contributed by atoms with Gasteiger partial charge in [-0.1, -0.05) is 6.07 Å². The SMILES string of the molecule is Cc1ccc(Nc2ccc3c(c2)ncn3-c2ccc(CCO)c(N3C[C@@H](C#N)C[C@H]3C)n2)nn1. The number of aliphatic hydroxyl groups excluding tert-OH is 1. The van der Waals surface area contributed by atoms with E-state index in [2.05, 4.69) is 38.4 Å². The van der Waals surface area contributed by atoms with Crippen LogP contribution in [0.25, 0.3) is 16.9 Å². The molecule has 9 heteroatoms. The van der Waals surface area contributed by atoms with E-state index < -0.39 is 0 Å². The van der Waals surface area contributed by atoms with Crippen LogP contribution in [-0.4, -0.2) is 49.0 Å². The van der Waals surface area contributed by atoms with Crippen LogP contribution in [0.2, 0.25) is 0 Å². The molecule has 34 heavy (non-hydrogen) atoms. The van der Waals surface area contributed by atoms with E-state index in [4.69, 9.17) is 4.98 Å². The molecule has 0 saturated carbocycles. The lowest BCUT2D eigenvalue weighted by Crippen LogP contribution is -2.29. The molecule has 4 aromatic rings. The number of aryl methyl sites for hydroxylation is 1. The predicted octanol–water partition coefficient (Wildman–Crippen LogP) is 3.54. The molecule has 1 saturated heterocycles. The molecule has 0 aliphatic carbocycles. The molecule has 1 aliphatic rings. The van der Waals surface area contributed by atoms with Crippen LogP contribution in [0.15, 0.2) is 48.8 Å². The van der Waals surface area contributed by atoms with Gasteiger partial charge in [-0.2, -0.15) is 10.4 Å². The first-order valence-electron chi connectivity index (χ1n) is 11.4. The summed E-state index contributed by atoms with van der Waals surface area (Å²) in [6.07, 6.45) is 3.10. The summed E-state index contributed by atoms with van der Waals surface area (Å²) in [7, 11) is 0. The summed E-state index contributed by atoms with van der Waals surface area (Å²) < 4.78 is 1.96. The fourth-order valence-electron chi connectivity index (χ4n) is 4.47. The maximum absolute atomic E-state index is 9.56. The second-order valence-electron chi connectivity index (χ2n) is 8.69. The van der Waals surface area contributed by atoms with Gasteiger partial charge < -0.3 is 15.3 Å². The van der Waals surface area contributed by atoms with Crippen molar-refractivity contribution >= 4 is 28.4 Å². The van der Waals surface area contributed by atoms with Crippen molar-refractivity contribution in [1.82, 2.24) is 24.7 Å². The zero-order valence-electron chi connectivity index (χ0n) is 19.2. The van der Waals surface area contributed by atoms with Gasteiger partial charge >= 0.3 is 0 Å². The molecule has 1 fully saturated rings. The summed E-state index contributed by atoms with van der Waals surface area (Å²) in [6, 6.07) is 16.3. The molecular formula is C25H26N8O. The normalized spacial score (nSPS) is 17.8. The number of nitrogens with zero attached hydrogens (tertiary/aromatic N) is 7. The van der Waals surface area contributed by atoms with Crippen molar-refractivity contribution in [1.29, 1.82) is 5.26 Å². The number of anilines is 3. The quantitative estimate of drug-likeness (QED) is 0.455. The third kappa shape index (κ3) is 4.16. The molecule has 9 nitrogen and oxygen atoms in total. The van der Waals surface area contributed by atoms with E-state index in [1.54, 1.807) is 6.33 Å². The van der Waals surface area contributed by atoms with Crippen molar-refractivity contribution in [2.24, 2.45) is 5.92 Å². The predicted molar refractivity (Wildman–Crippen MR) is 130 cm³/mol. The number of fused-ring (bicyclic) bond motifs is 1. The average molecular weight is 455 g/mol. The highest BCUT2D eigenvalue weighted by Gasteiger charge is 2.31. The first-order valence-corrected chi connectivity index (χ1v) is 11.4. The maximum Gasteiger partial charge on any atom is 0.153 e. The Kier molecular flexibility index (Phi) is 5.82. The Morgan fingerprint density at radius 2 is 2.06 bits per heavy atom. The van der Waals surface area contributed by atoms with Gasteiger partial charge in [-0.15, -0.1) is 5.10 Å². The van der Waals surface area contributed by atoms with Gasteiger partial charge in [0, 0.05) is 24.9 Å². The first-order chi connectivity index (χ1) is 16.6. The minimum absolute atomic E-state index is 0.0133. The summed E-state index contributed by atoms with van der Waals surface area (Å²) in [6.45, 7) is 4.72. The van der Waals surface area contributed by atoms with Gasteiger partial charge in [0.2, 0.25) is 0 Å². The Bertz CT molecular complexity index is 1360. The van der Waals surface area contributed by atoms with Crippen molar-refractivity contribution in [2.75, 3.05) is 23.4 Å². The molecule has 2 N–H and O–H groups in total. The molecule has 3 aromatic heterocycles. The van der Waals surface area contributed by atoms with E-state index in [1.807, 2.05) is 54.0 Å². The fourth-order valence-corrected chi connectivity index (χ4v) is 4.47. The van der Waals surface area contributed by atoms with E-state index in [9.17, 15) is 10.4 Å².